The van der Waals surface area contributed by atoms with Gasteiger partial charge in [-0.25, -0.2) is 4.39 Å². The largest absolute Gasteiger partial charge is 0.487 e. The molecule has 0 fully saturated rings. The highest BCUT2D eigenvalue weighted by atomic mass is 79.9. The van der Waals surface area contributed by atoms with Crippen LogP contribution in [-0.2, 0) is 11.9 Å². The van der Waals surface area contributed by atoms with Crippen LogP contribution < -0.4 is 4.74 Å². The monoisotopic (exact) mass is 326 g/mol. The Morgan fingerprint density at radius 3 is 2.79 bits per heavy atom. The molecule has 2 rings (SSSR count). The Hall–Kier alpha value is -1.36. The molecule has 0 aliphatic carbocycles. The molecule has 2 aromatic rings. The van der Waals surface area contributed by atoms with Gasteiger partial charge in [0.1, 0.15) is 18.2 Å². The van der Waals surface area contributed by atoms with E-state index in [2.05, 4.69) is 34.9 Å². The van der Waals surface area contributed by atoms with Crippen LogP contribution >= 0.6 is 15.9 Å². The smallest absolute Gasteiger partial charge is 0.132 e. The van der Waals surface area contributed by atoms with Crippen LogP contribution in [0, 0.1) is 5.82 Å². The van der Waals surface area contributed by atoms with Gasteiger partial charge in [-0.3, -0.25) is 4.68 Å². The second-order valence-electron chi connectivity index (χ2n) is 4.56. The first-order chi connectivity index (χ1) is 9.10. The van der Waals surface area contributed by atoms with Crippen molar-refractivity contribution in [2.75, 3.05) is 0 Å². The van der Waals surface area contributed by atoms with Crippen molar-refractivity contribution in [3.8, 4) is 5.75 Å². The van der Waals surface area contributed by atoms with Gasteiger partial charge in [-0.05, 0) is 38.1 Å². The quantitative estimate of drug-likeness (QED) is 0.774. The van der Waals surface area contributed by atoms with E-state index in [1.54, 1.807) is 6.07 Å². The van der Waals surface area contributed by atoms with Crippen molar-refractivity contribution in [1.82, 2.24) is 9.78 Å². The molecular weight excluding hydrogens is 311 g/mol. The summed E-state index contributed by atoms with van der Waals surface area (Å²) in [5.74, 6) is 0.420. The minimum atomic E-state index is -0.258. The van der Waals surface area contributed by atoms with Gasteiger partial charge in [-0.2, -0.15) is 5.10 Å². The number of alkyl halides is 1. The predicted molar refractivity (Wildman–Crippen MR) is 76.0 cm³/mol. The number of rotatable bonds is 5. The van der Waals surface area contributed by atoms with E-state index in [-0.39, 0.29) is 5.82 Å². The molecule has 19 heavy (non-hydrogen) atoms. The predicted octanol–water partition coefficient (Wildman–Crippen LogP) is 4.08. The van der Waals surface area contributed by atoms with E-state index in [1.165, 1.54) is 12.1 Å². The maximum Gasteiger partial charge on any atom is 0.132 e. The molecule has 0 saturated carbocycles. The van der Waals surface area contributed by atoms with Crippen molar-refractivity contribution in [1.29, 1.82) is 0 Å². The zero-order valence-electron chi connectivity index (χ0n) is 10.9. The van der Waals surface area contributed by atoms with Gasteiger partial charge in [0.25, 0.3) is 0 Å². The highest BCUT2D eigenvalue weighted by molar-refractivity contribution is 9.08. The summed E-state index contributed by atoms with van der Waals surface area (Å²) < 4.78 is 20.7. The first-order valence-electron chi connectivity index (χ1n) is 6.11. The Kier molecular flexibility index (Phi) is 4.58. The SMILES string of the molecule is CC(C)n1ccc(COc2ccc(F)cc2CBr)n1. The number of hydrogen-bond acceptors (Lipinski definition) is 2. The Bertz CT molecular complexity index is 554. The number of ether oxygens (including phenoxy) is 1. The van der Waals surface area contributed by atoms with E-state index in [0.29, 0.717) is 23.7 Å². The summed E-state index contributed by atoms with van der Waals surface area (Å²) in [6.07, 6.45) is 1.93. The average molecular weight is 327 g/mol. The highest BCUT2D eigenvalue weighted by Crippen LogP contribution is 2.23. The van der Waals surface area contributed by atoms with Gasteiger partial charge in [0, 0.05) is 23.1 Å². The number of halogens is 2. The maximum absolute atomic E-state index is 13.1. The molecule has 0 aliphatic rings. The van der Waals surface area contributed by atoms with E-state index in [1.807, 2.05) is 16.9 Å². The fourth-order valence-electron chi connectivity index (χ4n) is 1.69. The van der Waals surface area contributed by atoms with Gasteiger partial charge in [-0.15, -0.1) is 0 Å². The van der Waals surface area contributed by atoms with Gasteiger partial charge in [0.2, 0.25) is 0 Å². The second kappa shape index (κ2) is 6.19. The lowest BCUT2D eigenvalue weighted by molar-refractivity contribution is 0.296. The summed E-state index contributed by atoms with van der Waals surface area (Å²) in [6, 6.07) is 6.77. The maximum atomic E-state index is 13.1. The Morgan fingerprint density at radius 1 is 1.37 bits per heavy atom. The Labute approximate surface area is 120 Å². The molecule has 0 spiro atoms. The zero-order valence-corrected chi connectivity index (χ0v) is 12.5. The number of nitrogens with zero attached hydrogens (tertiary/aromatic N) is 2. The molecule has 0 bridgehead atoms. The van der Waals surface area contributed by atoms with Crippen LogP contribution in [0.1, 0.15) is 31.1 Å². The molecule has 0 saturated heterocycles. The third kappa shape index (κ3) is 3.56. The summed E-state index contributed by atoms with van der Waals surface area (Å²) in [6.45, 7) is 4.52. The van der Waals surface area contributed by atoms with Gasteiger partial charge in [0.15, 0.2) is 0 Å². The van der Waals surface area contributed by atoms with Crippen LogP contribution in [0.5, 0.6) is 5.75 Å². The molecule has 0 unspecified atom stereocenters. The minimum Gasteiger partial charge on any atom is -0.487 e. The number of aromatic nitrogens is 2. The summed E-state index contributed by atoms with van der Waals surface area (Å²) in [4.78, 5) is 0. The van der Waals surface area contributed by atoms with Crippen LogP contribution in [0.4, 0.5) is 4.39 Å². The van der Waals surface area contributed by atoms with Gasteiger partial charge in [0.05, 0.1) is 5.69 Å². The van der Waals surface area contributed by atoms with Crippen LogP contribution in [0.3, 0.4) is 0 Å². The topological polar surface area (TPSA) is 27.1 Å². The summed E-state index contributed by atoms with van der Waals surface area (Å²) >= 11 is 3.33. The molecule has 0 N–H and O–H groups in total. The number of hydrogen-bond donors (Lipinski definition) is 0. The molecule has 3 nitrogen and oxygen atoms in total. The second-order valence-corrected chi connectivity index (χ2v) is 5.12. The van der Waals surface area contributed by atoms with Crippen molar-refractivity contribution in [3.05, 3.63) is 47.5 Å². The fourth-order valence-corrected chi connectivity index (χ4v) is 2.13. The summed E-state index contributed by atoms with van der Waals surface area (Å²) in [7, 11) is 0. The van der Waals surface area contributed by atoms with E-state index >= 15 is 0 Å². The lowest BCUT2D eigenvalue weighted by Gasteiger charge is -2.09. The van der Waals surface area contributed by atoms with E-state index in [0.717, 1.165) is 11.3 Å². The van der Waals surface area contributed by atoms with Crippen molar-refractivity contribution >= 4 is 15.9 Å². The molecule has 5 heteroatoms. The van der Waals surface area contributed by atoms with Gasteiger partial charge < -0.3 is 4.74 Å². The van der Waals surface area contributed by atoms with E-state index in [4.69, 9.17) is 4.74 Å². The summed E-state index contributed by atoms with van der Waals surface area (Å²) in [5.41, 5.74) is 1.65. The van der Waals surface area contributed by atoms with E-state index in [9.17, 15) is 4.39 Å². The fraction of sp³-hybridized carbons (Fsp3) is 0.357. The molecule has 0 atom stereocenters. The molecule has 1 heterocycles. The van der Waals surface area contributed by atoms with Crippen LogP contribution in [0.25, 0.3) is 0 Å². The first kappa shape index (κ1) is 14.1. The molecule has 102 valence electrons. The Morgan fingerprint density at radius 2 is 2.16 bits per heavy atom. The normalized spacial score (nSPS) is 11.0. The molecule has 0 radical (unpaired) electrons. The van der Waals surface area contributed by atoms with Gasteiger partial charge in [-0.1, -0.05) is 15.9 Å². The average Bonchev–Trinajstić information content (AvgIpc) is 2.86. The Balaban J connectivity index is 2.05. The lowest BCUT2D eigenvalue weighted by atomic mass is 10.2. The molecule has 1 aromatic heterocycles. The van der Waals surface area contributed by atoms with Crippen molar-refractivity contribution < 1.29 is 9.13 Å². The number of benzene rings is 1. The zero-order chi connectivity index (χ0) is 13.8. The standard InChI is InChI=1S/C14H16BrFN2O/c1-10(2)18-6-5-13(17-18)9-19-14-4-3-12(16)7-11(14)8-15/h3-7,10H,8-9H2,1-2H3. The van der Waals surface area contributed by atoms with E-state index < -0.39 is 0 Å². The van der Waals surface area contributed by atoms with Crippen molar-refractivity contribution in [3.63, 3.8) is 0 Å². The molecule has 0 amide bonds. The molecular formula is C14H16BrFN2O. The van der Waals surface area contributed by atoms with Crippen LogP contribution in [0.2, 0.25) is 0 Å². The van der Waals surface area contributed by atoms with Crippen LogP contribution in [-0.4, -0.2) is 9.78 Å². The first-order valence-corrected chi connectivity index (χ1v) is 7.23. The minimum absolute atomic E-state index is 0.258. The summed E-state index contributed by atoms with van der Waals surface area (Å²) in [5, 5.41) is 4.96. The van der Waals surface area contributed by atoms with Crippen LogP contribution in [0.15, 0.2) is 30.5 Å². The highest BCUT2D eigenvalue weighted by Gasteiger charge is 2.07. The van der Waals surface area contributed by atoms with Gasteiger partial charge >= 0.3 is 0 Å². The third-order valence-electron chi connectivity index (χ3n) is 2.73. The van der Waals surface area contributed by atoms with Crippen molar-refractivity contribution in [2.24, 2.45) is 0 Å². The lowest BCUT2D eigenvalue weighted by Crippen LogP contribution is -2.04. The molecule has 1 aromatic carbocycles. The van der Waals surface area contributed by atoms with Crippen molar-refractivity contribution in [2.45, 2.75) is 31.8 Å². The third-order valence-corrected chi connectivity index (χ3v) is 3.34. The molecule has 0 aliphatic heterocycles.